The number of hydrogen-bond donors (Lipinski definition) is 3. The van der Waals surface area contributed by atoms with E-state index >= 15 is 0 Å². The fraction of sp³-hybridized carbons (Fsp3) is 0.875. The molecular weight excluding hydrogens is 156 g/mol. The maximum Gasteiger partial charge on any atom is 0.236 e. The summed E-state index contributed by atoms with van der Waals surface area (Å²) in [4.78, 5) is 10.9. The van der Waals surface area contributed by atoms with Gasteiger partial charge in [-0.15, -0.1) is 0 Å². The van der Waals surface area contributed by atoms with E-state index in [1.165, 1.54) is 0 Å². The van der Waals surface area contributed by atoms with Crippen molar-refractivity contribution in [2.75, 3.05) is 6.54 Å². The van der Waals surface area contributed by atoms with E-state index in [0.29, 0.717) is 0 Å². The Morgan fingerprint density at radius 2 is 2.00 bits per heavy atom. The number of carbonyl (C=O) groups excluding carboxylic acids is 1. The van der Waals surface area contributed by atoms with Crippen LogP contribution in [0.4, 0.5) is 0 Å². The van der Waals surface area contributed by atoms with Crippen molar-refractivity contribution >= 4 is 5.91 Å². The number of amides is 1. The second-order valence-corrected chi connectivity index (χ2v) is 3.35. The van der Waals surface area contributed by atoms with Crippen LogP contribution in [0.15, 0.2) is 0 Å². The third-order valence-corrected chi connectivity index (χ3v) is 1.67. The monoisotopic (exact) mass is 174 g/mol. The van der Waals surface area contributed by atoms with Gasteiger partial charge >= 0.3 is 0 Å². The first-order chi connectivity index (χ1) is 5.45. The number of nitrogens with two attached hydrogens (primary N) is 1. The molecule has 1 amide bonds. The standard InChI is InChI=1S/C8H18N2O2/c1-5(2)7(11)4-10-8(12)6(3)9/h5-7,11H,4,9H2,1-3H3,(H,10,12)/t6-,7?/m1/s1. The maximum atomic E-state index is 10.9. The average Bonchev–Trinajstić information content (AvgIpc) is 1.98. The highest BCUT2D eigenvalue weighted by molar-refractivity contribution is 5.80. The number of carbonyl (C=O) groups is 1. The zero-order chi connectivity index (χ0) is 9.72. The average molecular weight is 174 g/mol. The summed E-state index contributed by atoms with van der Waals surface area (Å²) in [5, 5.41) is 11.9. The summed E-state index contributed by atoms with van der Waals surface area (Å²) in [6, 6.07) is -0.510. The zero-order valence-corrected chi connectivity index (χ0v) is 7.87. The van der Waals surface area contributed by atoms with E-state index in [2.05, 4.69) is 5.32 Å². The molecule has 12 heavy (non-hydrogen) atoms. The van der Waals surface area contributed by atoms with E-state index in [1.807, 2.05) is 13.8 Å². The lowest BCUT2D eigenvalue weighted by atomic mass is 10.1. The van der Waals surface area contributed by atoms with E-state index in [1.54, 1.807) is 6.92 Å². The highest BCUT2D eigenvalue weighted by Crippen LogP contribution is 1.98. The first kappa shape index (κ1) is 11.4. The molecule has 4 nitrogen and oxygen atoms in total. The molecule has 72 valence electrons. The van der Waals surface area contributed by atoms with Gasteiger partial charge in [-0.05, 0) is 12.8 Å². The van der Waals surface area contributed by atoms with Crippen molar-refractivity contribution in [2.45, 2.75) is 32.9 Å². The molecule has 0 rings (SSSR count). The number of rotatable bonds is 4. The predicted molar refractivity (Wildman–Crippen MR) is 47.5 cm³/mol. The van der Waals surface area contributed by atoms with Gasteiger partial charge in [-0.2, -0.15) is 0 Å². The summed E-state index contributed by atoms with van der Waals surface area (Å²) >= 11 is 0. The molecule has 0 heterocycles. The van der Waals surface area contributed by atoms with Gasteiger partial charge in [-0.3, -0.25) is 4.79 Å². The molecule has 0 spiro atoms. The Morgan fingerprint density at radius 1 is 1.50 bits per heavy atom. The van der Waals surface area contributed by atoms with Crippen molar-refractivity contribution in [1.82, 2.24) is 5.32 Å². The third kappa shape index (κ3) is 4.31. The van der Waals surface area contributed by atoms with Gasteiger partial charge < -0.3 is 16.2 Å². The molecule has 4 N–H and O–H groups in total. The molecule has 0 bridgehead atoms. The summed E-state index contributed by atoms with van der Waals surface area (Å²) < 4.78 is 0. The van der Waals surface area contributed by atoms with Crippen LogP contribution in [0.2, 0.25) is 0 Å². The quantitative estimate of drug-likeness (QED) is 0.536. The molecule has 0 aromatic carbocycles. The molecule has 2 atom stereocenters. The number of aliphatic hydroxyl groups is 1. The first-order valence-electron chi connectivity index (χ1n) is 4.16. The Kier molecular flexibility index (Phi) is 4.85. The van der Waals surface area contributed by atoms with Crippen LogP contribution >= 0.6 is 0 Å². The van der Waals surface area contributed by atoms with E-state index < -0.39 is 12.1 Å². The summed E-state index contributed by atoms with van der Waals surface area (Å²) in [5.41, 5.74) is 5.30. The lowest BCUT2D eigenvalue weighted by molar-refractivity contribution is -0.122. The van der Waals surface area contributed by atoms with Crippen molar-refractivity contribution in [2.24, 2.45) is 11.7 Å². The van der Waals surface area contributed by atoms with Crippen molar-refractivity contribution in [3.05, 3.63) is 0 Å². The van der Waals surface area contributed by atoms with Crippen molar-refractivity contribution in [3.8, 4) is 0 Å². The van der Waals surface area contributed by atoms with Gasteiger partial charge in [-0.25, -0.2) is 0 Å². The summed E-state index contributed by atoms with van der Waals surface area (Å²) in [5.74, 6) is -0.0759. The minimum Gasteiger partial charge on any atom is -0.391 e. The van der Waals surface area contributed by atoms with Crippen LogP contribution in [-0.4, -0.2) is 29.7 Å². The van der Waals surface area contributed by atoms with Crippen LogP contribution in [0, 0.1) is 5.92 Å². The van der Waals surface area contributed by atoms with Gasteiger partial charge in [0.25, 0.3) is 0 Å². The van der Waals surface area contributed by atoms with Crippen LogP contribution in [0.25, 0.3) is 0 Å². The molecule has 0 aliphatic rings. The van der Waals surface area contributed by atoms with Gasteiger partial charge in [0.1, 0.15) is 0 Å². The SMILES string of the molecule is CC(C)C(O)CNC(=O)[C@@H](C)N. The fourth-order valence-electron chi connectivity index (χ4n) is 0.602. The van der Waals surface area contributed by atoms with E-state index in [0.717, 1.165) is 0 Å². The molecule has 4 heteroatoms. The van der Waals surface area contributed by atoms with E-state index in [-0.39, 0.29) is 18.4 Å². The zero-order valence-electron chi connectivity index (χ0n) is 7.87. The van der Waals surface area contributed by atoms with Crippen LogP contribution < -0.4 is 11.1 Å². The van der Waals surface area contributed by atoms with Crippen LogP contribution in [0.3, 0.4) is 0 Å². The van der Waals surface area contributed by atoms with Crippen LogP contribution in [0.1, 0.15) is 20.8 Å². The maximum absolute atomic E-state index is 10.9. The van der Waals surface area contributed by atoms with Gasteiger partial charge in [-0.1, -0.05) is 13.8 Å². The topological polar surface area (TPSA) is 75.3 Å². The summed E-state index contributed by atoms with van der Waals surface area (Å²) in [6.45, 7) is 5.67. The van der Waals surface area contributed by atoms with Gasteiger partial charge in [0.2, 0.25) is 5.91 Å². The lowest BCUT2D eigenvalue weighted by Crippen LogP contribution is -2.42. The molecule has 1 unspecified atom stereocenters. The largest absolute Gasteiger partial charge is 0.391 e. The second-order valence-electron chi connectivity index (χ2n) is 3.35. The van der Waals surface area contributed by atoms with Crippen molar-refractivity contribution < 1.29 is 9.90 Å². The molecule has 0 aromatic rings. The minimum atomic E-state index is -0.510. The summed E-state index contributed by atoms with van der Waals surface area (Å²) in [7, 11) is 0. The van der Waals surface area contributed by atoms with E-state index in [9.17, 15) is 9.90 Å². The van der Waals surface area contributed by atoms with Crippen molar-refractivity contribution in [1.29, 1.82) is 0 Å². The Hall–Kier alpha value is -0.610. The normalized spacial score (nSPS) is 15.8. The Morgan fingerprint density at radius 3 is 2.33 bits per heavy atom. The molecule has 0 radical (unpaired) electrons. The first-order valence-corrected chi connectivity index (χ1v) is 4.16. The molecule has 0 saturated heterocycles. The minimum absolute atomic E-state index is 0.151. The Labute approximate surface area is 73.1 Å². The highest BCUT2D eigenvalue weighted by Gasteiger charge is 2.12. The van der Waals surface area contributed by atoms with Crippen molar-refractivity contribution in [3.63, 3.8) is 0 Å². The Bertz CT molecular complexity index is 146. The molecule has 0 saturated carbocycles. The molecule has 0 aromatic heterocycles. The third-order valence-electron chi connectivity index (χ3n) is 1.67. The number of hydrogen-bond acceptors (Lipinski definition) is 3. The number of nitrogens with one attached hydrogen (secondary N) is 1. The molecular formula is C8H18N2O2. The second kappa shape index (κ2) is 5.11. The van der Waals surface area contributed by atoms with E-state index in [4.69, 9.17) is 5.73 Å². The van der Waals surface area contributed by atoms with Crippen LogP contribution in [-0.2, 0) is 4.79 Å². The Balaban J connectivity index is 3.61. The van der Waals surface area contributed by atoms with Gasteiger partial charge in [0, 0.05) is 6.54 Å². The smallest absolute Gasteiger partial charge is 0.236 e. The molecule has 0 fully saturated rings. The lowest BCUT2D eigenvalue weighted by Gasteiger charge is -2.15. The van der Waals surface area contributed by atoms with Gasteiger partial charge in [0.05, 0.1) is 12.1 Å². The predicted octanol–water partition coefficient (Wildman–Crippen LogP) is -0.533. The van der Waals surface area contributed by atoms with Gasteiger partial charge in [0.15, 0.2) is 0 Å². The fourth-order valence-corrected chi connectivity index (χ4v) is 0.602. The molecule has 0 aliphatic heterocycles. The molecule has 0 aliphatic carbocycles. The summed E-state index contributed by atoms with van der Waals surface area (Å²) in [6.07, 6.45) is -0.493. The van der Waals surface area contributed by atoms with Crippen LogP contribution in [0.5, 0.6) is 0 Å². The number of aliphatic hydroxyl groups excluding tert-OH is 1. The highest BCUT2D eigenvalue weighted by atomic mass is 16.3.